The number of aromatic nitrogens is 3. The van der Waals surface area contributed by atoms with Crippen LogP contribution in [0.1, 0.15) is 24.5 Å². The highest BCUT2D eigenvalue weighted by molar-refractivity contribution is 6.34. The van der Waals surface area contributed by atoms with Crippen molar-refractivity contribution in [2.24, 2.45) is 5.73 Å². The minimum absolute atomic E-state index is 0.180. The number of halogens is 1. The molecule has 3 aromatic rings. The molecule has 0 saturated heterocycles. The fraction of sp³-hybridized carbons (Fsp3) is 0.188. The van der Waals surface area contributed by atoms with E-state index in [2.05, 4.69) is 15.2 Å². The van der Waals surface area contributed by atoms with Crippen molar-refractivity contribution in [1.82, 2.24) is 15.2 Å². The zero-order chi connectivity index (χ0) is 15.7. The number of H-pyrrole nitrogens is 1. The minimum Gasteiger partial charge on any atom is -0.370 e. The molecule has 1 amide bonds. The van der Waals surface area contributed by atoms with Crippen LogP contribution in [0.15, 0.2) is 42.7 Å². The molecule has 6 heteroatoms. The van der Waals surface area contributed by atoms with Crippen molar-refractivity contribution in [3.8, 4) is 0 Å². The number of benzene rings is 1. The monoisotopic (exact) mass is 314 g/mol. The number of nitrogens with one attached hydrogen (secondary N) is 1. The fourth-order valence-corrected chi connectivity index (χ4v) is 2.92. The van der Waals surface area contributed by atoms with Crippen LogP contribution < -0.4 is 5.73 Å². The molecule has 2 aromatic heterocycles. The Kier molecular flexibility index (Phi) is 3.58. The van der Waals surface area contributed by atoms with Crippen LogP contribution in [-0.2, 0) is 10.2 Å². The Morgan fingerprint density at radius 1 is 1.36 bits per heavy atom. The van der Waals surface area contributed by atoms with Crippen molar-refractivity contribution < 1.29 is 4.79 Å². The fourth-order valence-electron chi connectivity index (χ4n) is 2.73. The maximum absolute atomic E-state index is 11.6. The van der Waals surface area contributed by atoms with Gasteiger partial charge in [0.15, 0.2) is 0 Å². The highest BCUT2D eigenvalue weighted by Gasteiger charge is 2.31. The predicted octanol–water partition coefficient (Wildman–Crippen LogP) is 2.79. The van der Waals surface area contributed by atoms with E-state index in [0.29, 0.717) is 5.15 Å². The van der Waals surface area contributed by atoms with Crippen molar-refractivity contribution in [1.29, 1.82) is 0 Å². The number of aromatic amines is 1. The number of rotatable bonds is 4. The Morgan fingerprint density at radius 3 is 2.86 bits per heavy atom. The molecule has 1 aromatic carbocycles. The van der Waals surface area contributed by atoms with Gasteiger partial charge in [0.25, 0.3) is 0 Å². The molecular formula is C16H15ClN4O. The van der Waals surface area contributed by atoms with Crippen LogP contribution in [0.2, 0.25) is 5.15 Å². The summed E-state index contributed by atoms with van der Waals surface area (Å²) < 4.78 is 0. The van der Waals surface area contributed by atoms with Crippen molar-refractivity contribution >= 4 is 28.4 Å². The summed E-state index contributed by atoms with van der Waals surface area (Å²) in [6, 6.07) is 9.55. The summed E-state index contributed by atoms with van der Waals surface area (Å²) >= 11 is 6.12. The lowest BCUT2D eigenvalue weighted by Gasteiger charge is -2.29. The third-order valence-corrected chi connectivity index (χ3v) is 4.26. The van der Waals surface area contributed by atoms with E-state index in [1.165, 1.54) is 0 Å². The smallest absolute Gasteiger partial charge is 0.218 e. The van der Waals surface area contributed by atoms with Gasteiger partial charge in [0.05, 0.1) is 5.52 Å². The zero-order valence-electron chi connectivity index (χ0n) is 12.0. The molecule has 0 radical (unpaired) electrons. The van der Waals surface area contributed by atoms with E-state index < -0.39 is 5.41 Å². The second-order valence-electron chi connectivity index (χ2n) is 5.49. The molecule has 0 bridgehead atoms. The van der Waals surface area contributed by atoms with Crippen LogP contribution in [0.3, 0.4) is 0 Å². The number of pyridine rings is 1. The van der Waals surface area contributed by atoms with Crippen LogP contribution in [0.4, 0.5) is 0 Å². The van der Waals surface area contributed by atoms with E-state index >= 15 is 0 Å². The molecule has 0 aliphatic heterocycles. The molecule has 0 aliphatic carbocycles. The number of nitrogens with zero attached hydrogens (tertiary/aromatic N) is 2. The van der Waals surface area contributed by atoms with E-state index in [9.17, 15) is 4.79 Å². The van der Waals surface area contributed by atoms with Crippen LogP contribution in [0.5, 0.6) is 0 Å². The topological polar surface area (TPSA) is 84.7 Å². The third-order valence-electron chi connectivity index (χ3n) is 3.97. The Bertz CT molecular complexity index is 831. The van der Waals surface area contributed by atoms with Gasteiger partial charge in [-0.1, -0.05) is 30.7 Å². The third kappa shape index (κ3) is 2.44. The van der Waals surface area contributed by atoms with Gasteiger partial charge in [-0.15, -0.1) is 0 Å². The molecule has 0 aliphatic rings. The van der Waals surface area contributed by atoms with Crippen molar-refractivity contribution in [3.63, 3.8) is 0 Å². The molecule has 3 N–H and O–H groups in total. The zero-order valence-corrected chi connectivity index (χ0v) is 12.8. The second-order valence-corrected chi connectivity index (χ2v) is 5.86. The number of hydrogen-bond acceptors (Lipinski definition) is 3. The van der Waals surface area contributed by atoms with E-state index in [4.69, 9.17) is 17.3 Å². The van der Waals surface area contributed by atoms with Gasteiger partial charge >= 0.3 is 0 Å². The van der Waals surface area contributed by atoms with Gasteiger partial charge in [-0.05, 0) is 29.3 Å². The highest BCUT2D eigenvalue weighted by Crippen LogP contribution is 2.36. The molecular weight excluding hydrogens is 300 g/mol. The highest BCUT2D eigenvalue weighted by atomic mass is 35.5. The number of nitrogens with two attached hydrogens (primary N) is 1. The molecule has 0 saturated carbocycles. The van der Waals surface area contributed by atoms with Gasteiger partial charge in [-0.2, -0.15) is 5.10 Å². The minimum atomic E-state index is -0.575. The van der Waals surface area contributed by atoms with E-state index in [1.54, 1.807) is 12.4 Å². The molecule has 22 heavy (non-hydrogen) atoms. The second kappa shape index (κ2) is 5.42. The van der Waals surface area contributed by atoms with Crippen molar-refractivity contribution in [2.45, 2.75) is 18.8 Å². The average molecular weight is 315 g/mol. The van der Waals surface area contributed by atoms with Gasteiger partial charge in [-0.3, -0.25) is 14.9 Å². The number of carbonyl (C=O) groups is 1. The number of primary amides is 1. The molecule has 1 unspecified atom stereocenters. The Balaban J connectivity index is 2.19. The van der Waals surface area contributed by atoms with Crippen LogP contribution in [0, 0.1) is 0 Å². The Labute approximate surface area is 132 Å². The summed E-state index contributed by atoms with van der Waals surface area (Å²) in [5, 5.41) is 8.16. The van der Waals surface area contributed by atoms with Crippen LogP contribution >= 0.6 is 11.6 Å². The maximum atomic E-state index is 11.6. The summed E-state index contributed by atoms with van der Waals surface area (Å²) in [6.45, 7) is 1.98. The lowest BCUT2D eigenvalue weighted by Crippen LogP contribution is -2.30. The van der Waals surface area contributed by atoms with E-state index in [-0.39, 0.29) is 12.3 Å². The maximum Gasteiger partial charge on any atom is 0.218 e. The molecule has 112 valence electrons. The first-order valence-electron chi connectivity index (χ1n) is 6.83. The number of hydrogen-bond donors (Lipinski definition) is 2. The number of amides is 1. The lowest BCUT2D eigenvalue weighted by molar-refractivity contribution is -0.118. The molecule has 0 spiro atoms. The van der Waals surface area contributed by atoms with E-state index in [0.717, 1.165) is 22.0 Å². The van der Waals surface area contributed by atoms with Crippen molar-refractivity contribution in [2.75, 3.05) is 0 Å². The molecule has 0 fully saturated rings. The molecule has 5 nitrogen and oxygen atoms in total. The average Bonchev–Trinajstić information content (AvgIpc) is 2.88. The largest absolute Gasteiger partial charge is 0.370 e. The Hall–Kier alpha value is -2.40. The number of carbonyl (C=O) groups excluding carboxylic acids is 1. The van der Waals surface area contributed by atoms with Gasteiger partial charge in [0.2, 0.25) is 5.91 Å². The van der Waals surface area contributed by atoms with Crippen molar-refractivity contribution in [3.05, 3.63) is 59.0 Å². The quantitative estimate of drug-likeness (QED) is 0.776. The van der Waals surface area contributed by atoms with Gasteiger partial charge in [0.1, 0.15) is 5.15 Å². The summed E-state index contributed by atoms with van der Waals surface area (Å²) in [4.78, 5) is 15.8. The van der Waals surface area contributed by atoms with Crippen LogP contribution in [-0.4, -0.2) is 21.1 Å². The summed E-state index contributed by atoms with van der Waals surface area (Å²) in [7, 11) is 0. The van der Waals surface area contributed by atoms with E-state index in [1.807, 2.05) is 37.3 Å². The summed E-state index contributed by atoms with van der Waals surface area (Å²) in [5.41, 5.74) is 7.54. The van der Waals surface area contributed by atoms with Gasteiger partial charge < -0.3 is 5.73 Å². The SMILES string of the molecule is CC(CC(N)=O)(c1cccnc1)c1ccc2n[nH]c(Cl)c2c1. The molecule has 2 heterocycles. The van der Waals surface area contributed by atoms with Crippen LogP contribution in [0.25, 0.3) is 10.9 Å². The standard InChI is InChI=1S/C16H15ClN4O/c1-16(8-14(18)22,11-3-2-6-19-9-11)10-4-5-13-12(7-10)15(17)21-20-13/h2-7,9H,8H2,1H3,(H2,18,22)(H,20,21). The predicted molar refractivity (Wildman–Crippen MR) is 85.6 cm³/mol. The van der Waals surface area contributed by atoms with Gasteiger partial charge in [0, 0.05) is 29.6 Å². The number of fused-ring (bicyclic) bond motifs is 1. The first-order chi connectivity index (χ1) is 10.5. The summed E-state index contributed by atoms with van der Waals surface area (Å²) in [5.74, 6) is -0.371. The lowest BCUT2D eigenvalue weighted by atomic mass is 9.74. The summed E-state index contributed by atoms with van der Waals surface area (Å²) in [6.07, 6.45) is 3.63. The first kappa shape index (κ1) is 14.5. The first-order valence-corrected chi connectivity index (χ1v) is 7.21. The normalized spacial score (nSPS) is 13.9. The van der Waals surface area contributed by atoms with Gasteiger partial charge in [-0.25, -0.2) is 0 Å². The Morgan fingerprint density at radius 2 is 2.18 bits per heavy atom. The molecule has 1 atom stereocenters. The molecule has 3 rings (SSSR count).